The molecular formula is C11H19N3O4. The Balaban J connectivity index is 2.34. The smallest absolute Gasteiger partial charge is 0.326 e. The van der Waals surface area contributed by atoms with Crippen LogP contribution >= 0.6 is 0 Å². The number of amides is 3. The van der Waals surface area contributed by atoms with Gasteiger partial charge in [0.25, 0.3) is 0 Å². The molecule has 0 bridgehead atoms. The molecule has 0 aromatic heterocycles. The molecule has 1 unspecified atom stereocenters. The SMILES string of the molecule is CC(CC1CC1)NC(=O)N[C@H](CC(N)=O)C(=O)O. The second-order valence-corrected chi connectivity index (χ2v) is 4.76. The maximum absolute atomic E-state index is 11.5. The summed E-state index contributed by atoms with van der Waals surface area (Å²) in [5.74, 6) is -1.38. The van der Waals surface area contributed by atoms with Crippen LogP contribution in [0.2, 0.25) is 0 Å². The molecule has 3 amide bonds. The van der Waals surface area contributed by atoms with E-state index in [1.807, 2.05) is 6.92 Å². The Hall–Kier alpha value is -1.79. The van der Waals surface area contributed by atoms with Gasteiger partial charge >= 0.3 is 12.0 Å². The average Bonchev–Trinajstić information content (AvgIpc) is 2.99. The van der Waals surface area contributed by atoms with E-state index in [1.54, 1.807) is 0 Å². The van der Waals surface area contributed by atoms with Crippen molar-refractivity contribution in [3.63, 3.8) is 0 Å². The largest absolute Gasteiger partial charge is 0.480 e. The van der Waals surface area contributed by atoms with Gasteiger partial charge in [-0.1, -0.05) is 12.8 Å². The topological polar surface area (TPSA) is 122 Å². The molecule has 1 aliphatic rings. The number of rotatable bonds is 7. The molecule has 1 fully saturated rings. The van der Waals surface area contributed by atoms with Gasteiger partial charge in [0, 0.05) is 6.04 Å². The molecule has 0 aromatic carbocycles. The lowest BCUT2D eigenvalue weighted by Crippen LogP contribution is -2.49. The lowest BCUT2D eigenvalue weighted by atomic mass is 10.1. The predicted octanol–water partition coefficient (Wildman–Crippen LogP) is -0.197. The van der Waals surface area contributed by atoms with Crippen LogP contribution in [-0.4, -0.2) is 35.1 Å². The molecule has 1 aliphatic carbocycles. The van der Waals surface area contributed by atoms with Crippen LogP contribution in [0.15, 0.2) is 0 Å². The lowest BCUT2D eigenvalue weighted by molar-refractivity contribution is -0.140. The van der Waals surface area contributed by atoms with Crippen LogP contribution in [0.4, 0.5) is 4.79 Å². The van der Waals surface area contributed by atoms with Gasteiger partial charge in [0.15, 0.2) is 0 Å². The Morgan fingerprint density at radius 1 is 1.33 bits per heavy atom. The van der Waals surface area contributed by atoms with Gasteiger partial charge in [-0.15, -0.1) is 0 Å². The normalized spacial score (nSPS) is 17.6. The first-order valence-corrected chi connectivity index (χ1v) is 5.96. The number of carboxylic acids is 1. The van der Waals surface area contributed by atoms with Crippen molar-refractivity contribution in [2.45, 2.75) is 44.7 Å². The zero-order chi connectivity index (χ0) is 13.7. The first-order chi connectivity index (χ1) is 8.38. The second kappa shape index (κ2) is 6.23. The summed E-state index contributed by atoms with van der Waals surface area (Å²) in [6.45, 7) is 1.86. The summed E-state index contributed by atoms with van der Waals surface area (Å²) in [5, 5.41) is 13.7. The molecule has 1 rings (SSSR count). The van der Waals surface area contributed by atoms with E-state index in [0.717, 1.165) is 6.42 Å². The Bertz CT molecular complexity index is 341. The summed E-state index contributed by atoms with van der Waals surface area (Å²) in [7, 11) is 0. The summed E-state index contributed by atoms with van der Waals surface area (Å²) >= 11 is 0. The van der Waals surface area contributed by atoms with Crippen molar-refractivity contribution >= 4 is 17.9 Å². The number of carbonyl (C=O) groups is 3. The number of hydrogen-bond donors (Lipinski definition) is 4. The molecule has 7 nitrogen and oxygen atoms in total. The molecule has 0 saturated heterocycles. The van der Waals surface area contributed by atoms with E-state index in [9.17, 15) is 14.4 Å². The summed E-state index contributed by atoms with van der Waals surface area (Å²) in [6, 6.07) is -1.88. The number of primary amides is 1. The number of carboxylic acid groups (broad SMARTS) is 1. The van der Waals surface area contributed by atoms with Crippen molar-refractivity contribution in [3.8, 4) is 0 Å². The summed E-state index contributed by atoms with van der Waals surface area (Å²) in [6.07, 6.45) is 2.85. The Labute approximate surface area is 105 Å². The molecule has 0 radical (unpaired) electrons. The number of carbonyl (C=O) groups excluding carboxylic acids is 2. The zero-order valence-corrected chi connectivity index (χ0v) is 10.3. The lowest BCUT2D eigenvalue weighted by Gasteiger charge is -2.17. The third-order valence-electron chi connectivity index (χ3n) is 2.77. The van der Waals surface area contributed by atoms with Gasteiger partial charge in [-0.25, -0.2) is 9.59 Å². The minimum atomic E-state index is -1.28. The van der Waals surface area contributed by atoms with E-state index in [-0.39, 0.29) is 6.04 Å². The van der Waals surface area contributed by atoms with Crippen LogP contribution in [0, 0.1) is 5.92 Å². The number of hydrogen-bond acceptors (Lipinski definition) is 3. The highest BCUT2D eigenvalue weighted by molar-refractivity contribution is 5.87. The van der Waals surface area contributed by atoms with E-state index >= 15 is 0 Å². The molecule has 0 aliphatic heterocycles. The van der Waals surface area contributed by atoms with Crippen molar-refractivity contribution < 1.29 is 19.5 Å². The number of urea groups is 1. The summed E-state index contributed by atoms with van der Waals surface area (Å²) in [5.41, 5.74) is 4.91. The fraction of sp³-hybridized carbons (Fsp3) is 0.727. The Morgan fingerprint density at radius 3 is 2.39 bits per heavy atom. The molecule has 5 N–H and O–H groups in total. The summed E-state index contributed by atoms with van der Waals surface area (Å²) < 4.78 is 0. The highest BCUT2D eigenvalue weighted by atomic mass is 16.4. The van der Waals surface area contributed by atoms with Gasteiger partial charge in [-0.3, -0.25) is 4.79 Å². The molecule has 0 spiro atoms. The molecule has 18 heavy (non-hydrogen) atoms. The van der Waals surface area contributed by atoms with Crippen molar-refractivity contribution in [2.75, 3.05) is 0 Å². The maximum atomic E-state index is 11.5. The molecule has 0 aromatic rings. The van der Waals surface area contributed by atoms with Crippen molar-refractivity contribution in [1.82, 2.24) is 10.6 Å². The maximum Gasteiger partial charge on any atom is 0.326 e. The van der Waals surface area contributed by atoms with Crippen LogP contribution in [0.25, 0.3) is 0 Å². The third-order valence-corrected chi connectivity index (χ3v) is 2.77. The van der Waals surface area contributed by atoms with E-state index in [1.165, 1.54) is 12.8 Å². The Kier molecular flexibility index (Phi) is 4.94. The van der Waals surface area contributed by atoms with E-state index < -0.39 is 30.4 Å². The monoisotopic (exact) mass is 257 g/mol. The van der Waals surface area contributed by atoms with Gasteiger partial charge in [0.2, 0.25) is 5.91 Å². The molecule has 0 heterocycles. The van der Waals surface area contributed by atoms with Crippen LogP contribution in [0.5, 0.6) is 0 Å². The minimum Gasteiger partial charge on any atom is -0.480 e. The molecule has 7 heteroatoms. The quantitative estimate of drug-likeness (QED) is 0.504. The fourth-order valence-electron chi connectivity index (χ4n) is 1.74. The van der Waals surface area contributed by atoms with Gasteiger partial charge in [0.1, 0.15) is 6.04 Å². The van der Waals surface area contributed by atoms with Crippen molar-refractivity contribution in [1.29, 1.82) is 0 Å². The van der Waals surface area contributed by atoms with Gasteiger partial charge in [0.05, 0.1) is 6.42 Å². The second-order valence-electron chi connectivity index (χ2n) is 4.76. The van der Waals surface area contributed by atoms with Crippen LogP contribution in [-0.2, 0) is 9.59 Å². The van der Waals surface area contributed by atoms with Gasteiger partial charge in [-0.05, 0) is 19.3 Å². The highest BCUT2D eigenvalue weighted by Gasteiger charge is 2.26. The first-order valence-electron chi connectivity index (χ1n) is 5.96. The fourth-order valence-corrected chi connectivity index (χ4v) is 1.74. The molecule has 1 saturated carbocycles. The molecule has 102 valence electrons. The first kappa shape index (κ1) is 14.3. The molecular weight excluding hydrogens is 238 g/mol. The number of aliphatic carboxylic acids is 1. The van der Waals surface area contributed by atoms with Crippen LogP contribution in [0.1, 0.15) is 32.6 Å². The van der Waals surface area contributed by atoms with Crippen LogP contribution < -0.4 is 16.4 Å². The van der Waals surface area contributed by atoms with E-state index in [4.69, 9.17) is 10.8 Å². The molecule has 2 atom stereocenters. The standard InChI is InChI=1S/C11H19N3O4/c1-6(4-7-2-3-7)13-11(18)14-8(10(16)17)5-9(12)15/h6-8H,2-5H2,1H3,(H2,12,15)(H,16,17)(H2,13,14,18)/t6?,8-/m1/s1. The number of nitrogens with two attached hydrogens (primary N) is 1. The zero-order valence-electron chi connectivity index (χ0n) is 10.3. The van der Waals surface area contributed by atoms with E-state index in [2.05, 4.69) is 10.6 Å². The Morgan fingerprint density at radius 2 is 1.94 bits per heavy atom. The van der Waals surface area contributed by atoms with Crippen molar-refractivity contribution in [3.05, 3.63) is 0 Å². The summed E-state index contributed by atoms with van der Waals surface area (Å²) in [4.78, 5) is 33.0. The van der Waals surface area contributed by atoms with Gasteiger partial charge < -0.3 is 21.5 Å². The van der Waals surface area contributed by atoms with Crippen molar-refractivity contribution in [2.24, 2.45) is 11.7 Å². The van der Waals surface area contributed by atoms with E-state index in [0.29, 0.717) is 5.92 Å². The minimum absolute atomic E-state index is 0.0134. The average molecular weight is 257 g/mol. The van der Waals surface area contributed by atoms with Gasteiger partial charge in [-0.2, -0.15) is 0 Å². The number of nitrogens with one attached hydrogen (secondary N) is 2. The third kappa shape index (κ3) is 5.51. The highest BCUT2D eigenvalue weighted by Crippen LogP contribution is 2.33. The van der Waals surface area contributed by atoms with Crippen LogP contribution in [0.3, 0.4) is 0 Å². The predicted molar refractivity (Wildman–Crippen MR) is 63.7 cm³/mol.